The average molecular weight is 419 g/mol. The van der Waals surface area contributed by atoms with Crippen molar-refractivity contribution in [3.05, 3.63) is 72.3 Å². The van der Waals surface area contributed by atoms with Crippen molar-refractivity contribution < 1.29 is 9.13 Å². The number of rotatable bonds is 6. The second-order valence-corrected chi connectivity index (χ2v) is 8.13. The summed E-state index contributed by atoms with van der Waals surface area (Å²) in [6.07, 6.45) is 10.6. The minimum absolute atomic E-state index is 0.272. The number of hydrogen-bond acceptors (Lipinski definition) is 4. The van der Waals surface area contributed by atoms with E-state index in [0.717, 1.165) is 29.7 Å². The summed E-state index contributed by atoms with van der Waals surface area (Å²) in [7, 11) is 1.54. The van der Waals surface area contributed by atoms with Crippen molar-refractivity contribution in [1.82, 2.24) is 14.7 Å². The van der Waals surface area contributed by atoms with Crippen LogP contribution < -0.4 is 9.64 Å². The molecule has 31 heavy (non-hydrogen) atoms. The summed E-state index contributed by atoms with van der Waals surface area (Å²) in [6.45, 7) is 5.09. The van der Waals surface area contributed by atoms with Crippen LogP contribution in [0.15, 0.2) is 60.9 Å². The first-order valence-corrected chi connectivity index (χ1v) is 10.9. The molecule has 1 fully saturated rings. The minimum atomic E-state index is -0.272. The molecule has 6 heteroatoms. The van der Waals surface area contributed by atoms with Gasteiger partial charge in [0, 0.05) is 42.0 Å². The van der Waals surface area contributed by atoms with Gasteiger partial charge in [-0.05, 0) is 67.9 Å². The first-order valence-electron chi connectivity index (χ1n) is 10.9. The number of fused-ring (bicyclic) bond motifs is 1. The highest BCUT2D eigenvalue weighted by Gasteiger charge is 2.15. The normalized spacial score (nSPS) is 16.8. The van der Waals surface area contributed by atoms with Gasteiger partial charge in [-0.2, -0.15) is 5.10 Å². The Labute approximate surface area is 182 Å². The van der Waals surface area contributed by atoms with Gasteiger partial charge in [0.05, 0.1) is 25.4 Å². The smallest absolute Gasteiger partial charge is 0.134 e. The lowest BCUT2D eigenvalue weighted by Crippen LogP contribution is -2.24. The standard InChI is InChI=1S/C25H27FN4O/c1-31-22-5-6-23(24(26)17-22)19-8-12-29(13-9-19)21-4-7-25-20(16-21)18-27-30(25)15-14-28-10-2-3-11-28/h4-9,12,16-18H,2-3,10-11,13-15H2,1H3. The molecule has 0 atom stereocenters. The van der Waals surface area contributed by atoms with Crippen molar-refractivity contribution in [2.45, 2.75) is 19.4 Å². The molecule has 3 heterocycles. The summed E-state index contributed by atoms with van der Waals surface area (Å²) >= 11 is 0. The second-order valence-electron chi connectivity index (χ2n) is 8.13. The lowest BCUT2D eigenvalue weighted by molar-refractivity contribution is 0.318. The molecule has 1 saturated heterocycles. The molecule has 0 spiro atoms. The van der Waals surface area contributed by atoms with E-state index in [0.29, 0.717) is 17.9 Å². The quantitative estimate of drug-likeness (QED) is 0.581. The number of hydrogen-bond donors (Lipinski definition) is 0. The van der Waals surface area contributed by atoms with Crippen molar-refractivity contribution in [2.24, 2.45) is 0 Å². The lowest BCUT2D eigenvalue weighted by Gasteiger charge is -2.23. The molecule has 1 aromatic heterocycles. The minimum Gasteiger partial charge on any atom is -0.497 e. The average Bonchev–Trinajstić information content (AvgIpc) is 3.47. The van der Waals surface area contributed by atoms with Crippen molar-refractivity contribution in [1.29, 1.82) is 0 Å². The number of ether oxygens (including phenoxy) is 1. The van der Waals surface area contributed by atoms with Crippen LogP contribution in [0.25, 0.3) is 16.5 Å². The lowest BCUT2D eigenvalue weighted by atomic mass is 10.0. The Kier molecular flexibility index (Phi) is 5.47. The van der Waals surface area contributed by atoms with E-state index in [9.17, 15) is 4.39 Å². The number of aromatic nitrogens is 2. The third-order valence-corrected chi connectivity index (χ3v) is 6.21. The topological polar surface area (TPSA) is 33.5 Å². The molecule has 0 bridgehead atoms. The van der Waals surface area contributed by atoms with Gasteiger partial charge in [0.1, 0.15) is 11.6 Å². The number of benzene rings is 2. The van der Waals surface area contributed by atoms with E-state index in [4.69, 9.17) is 4.74 Å². The van der Waals surface area contributed by atoms with Crippen LogP contribution in [0.1, 0.15) is 18.4 Å². The SMILES string of the molecule is COc1ccc(C2=CCN(c3ccc4c(cnn4CCN4CCCC4)c3)C=C2)c(F)c1. The highest BCUT2D eigenvalue weighted by Crippen LogP contribution is 2.29. The van der Waals surface area contributed by atoms with Crippen molar-refractivity contribution in [3.8, 4) is 5.75 Å². The van der Waals surface area contributed by atoms with Gasteiger partial charge < -0.3 is 14.5 Å². The van der Waals surface area contributed by atoms with Gasteiger partial charge in [0.2, 0.25) is 0 Å². The number of anilines is 1. The molecule has 0 saturated carbocycles. The molecule has 0 aliphatic carbocycles. The highest BCUT2D eigenvalue weighted by atomic mass is 19.1. The van der Waals surface area contributed by atoms with Crippen LogP contribution in [0.3, 0.4) is 0 Å². The molecule has 0 amide bonds. The third-order valence-electron chi connectivity index (χ3n) is 6.21. The van der Waals surface area contributed by atoms with Crippen LogP contribution in [-0.4, -0.2) is 48.0 Å². The molecular formula is C25H27FN4O. The molecular weight excluding hydrogens is 391 g/mol. The van der Waals surface area contributed by atoms with Crippen molar-refractivity contribution in [2.75, 3.05) is 38.2 Å². The van der Waals surface area contributed by atoms with Gasteiger partial charge in [0.25, 0.3) is 0 Å². The summed E-state index contributed by atoms with van der Waals surface area (Å²) in [5.41, 5.74) is 3.74. The molecule has 2 aliphatic rings. The number of nitrogens with zero attached hydrogens (tertiary/aromatic N) is 4. The van der Waals surface area contributed by atoms with E-state index in [1.54, 1.807) is 19.2 Å². The zero-order valence-electron chi connectivity index (χ0n) is 17.8. The second kappa shape index (κ2) is 8.55. The molecule has 5 rings (SSSR count). The van der Waals surface area contributed by atoms with Crippen molar-refractivity contribution >= 4 is 22.2 Å². The molecule has 160 valence electrons. The number of methoxy groups -OCH3 is 1. The number of likely N-dealkylation sites (tertiary alicyclic amines) is 1. The van der Waals surface area contributed by atoms with E-state index in [-0.39, 0.29) is 5.82 Å². The Bertz CT molecular complexity index is 1140. The Morgan fingerprint density at radius 1 is 1.06 bits per heavy atom. The van der Waals surface area contributed by atoms with Crippen molar-refractivity contribution in [3.63, 3.8) is 0 Å². The van der Waals surface area contributed by atoms with Crippen LogP contribution in [0.2, 0.25) is 0 Å². The van der Waals surface area contributed by atoms with E-state index in [2.05, 4.69) is 43.9 Å². The summed E-state index contributed by atoms with van der Waals surface area (Å²) < 4.78 is 21.6. The predicted molar refractivity (Wildman–Crippen MR) is 123 cm³/mol. The maximum Gasteiger partial charge on any atom is 0.134 e. The fraction of sp³-hybridized carbons (Fsp3) is 0.320. The molecule has 2 aromatic carbocycles. The largest absolute Gasteiger partial charge is 0.497 e. The summed E-state index contributed by atoms with van der Waals surface area (Å²) in [6, 6.07) is 11.4. The maximum absolute atomic E-state index is 14.4. The van der Waals surface area contributed by atoms with Crippen LogP contribution in [0.5, 0.6) is 5.75 Å². The number of halogens is 1. The molecule has 5 nitrogen and oxygen atoms in total. The van der Waals surface area contributed by atoms with E-state index < -0.39 is 0 Å². The van der Waals surface area contributed by atoms with E-state index in [1.165, 1.54) is 37.5 Å². The van der Waals surface area contributed by atoms with Crippen LogP contribution in [0.4, 0.5) is 10.1 Å². The van der Waals surface area contributed by atoms with Crippen LogP contribution in [-0.2, 0) is 6.54 Å². The van der Waals surface area contributed by atoms with E-state index >= 15 is 0 Å². The fourth-order valence-electron chi connectivity index (χ4n) is 4.42. The highest BCUT2D eigenvalue weighted by molar-refractivity contribution is 5.84. The van der Waals surface area contributed by atoms with Gasteiger partial charge >= 0.3 is 0 Å². The molecule has 2 aliphatic heterocycles. The Balaban J connectivity index is 1.29. The number of allylic oxidation sites excluding steroid dienone is 2. The van der Waals surface area contributed by atoms with Crippen LogP contribution >= 0.6 is 0 Å². The Hall–Kier alpha value is -3.12. The Morgan fingerprint density at radius 2 is 1.94 bits per heavy atom. The monoisotopic (exact) mass is 418 g/mol. The summed E-state index contributed by atoms with van der Waals surface area (Å²) in [5.74, 6) is 0.254. The van der Waals surface area contributed by atoms with Crippen LogP contribution in [0, 0.1) is 5.82 Å². The maximum atomic E-state index is 14.4. The predicted octanol–water partition coefficient (Wildman–Crippen LogP) is 4.70. The Morgan fingerprint density at radius 3 is 2.68 bits per heavy atom. The molecule has 3 aromatic rings. The summed E-state index contributed by atoms with van der Waals surface area (Å²) in [4.78, 5) is 4.67. The van der Waals surface area contributed by atoms with Gasteiger partial charge in [-0.1, -0.05) is 6.08 Å². The van der Waals surface area contributed by atoms with E-state index in [1.807, 2.05) is 18.5 Å². The zero-order chi connectivity index (χ0) is 21.2. The molecule has 0 N–H and O–H groups in total. The molecule has 0 unspecified atom stereocenters. The third kappa shape index (κ3) is 4.08. The molecule has 0 radical (unpaired) electrons. The van der Waals surface area contributed by atoms with Gasteiger partial charge in [-0.15, -0.1) is 0 Å². The van der Waals surface area contributed by atoms with Gasteiger partial charge in [0.15, 0.2) is 0 Å². The van der Waals surface area contributed by atoms with Gasteiger partial charge in [-0.25, -0.2) is 4.39 Å². The first kappa shape index (κ1) is 19.8. The zero-order valence-corrected chi connectivity index (χ0v) is 17.8. The fourth-order valence-corrected chi connectivity index (χ4v) is 4.42. The van der Waals surface area contributed by atoms with Gasteiger partial charge in [-0.3, -0.25) is 4.68 Å². The summed E-state index contributed by atoms with van der Waals surface area (Å²) in [5, 5.41) is 5.75. The first-order chi connectivity index (χ1) is 15.2.